The van der Waals surface area contributed by atoms with Gasteiger partial charge in [0.1, 0.15) is 23.0 Å². The monoisotopic (exact) mass is 524 g/mol. The Morgan fingerprint density at radius 3 is 2.47 bits per heavy atom. The normalized spacial score (nSPS) is 16.8. The number of hydrogen-bond donors (Lipinski definition) is 1. The first kappa shape index (κ1) is 25.2. The third kappa shape index (κ3) is 4.62. The fourth-order valence-corrected chi connectivity index (χ4v) is 4.88. The van der Waals surface area contributed by atoms with E-state index in [-0.39, 0.29) is 27.9 Å². The summed E-state index contributed by atoms with van der Waals surface area (Å²) in [4.78, 5) is 44.8. The van der Waals surface area contributed by atoms with E-state index in [2.05, 4.69) is 11.6 Å². The first-order valence-corrected chi connectivity index (χ1v) is 11.9. The Balaban J connectivity index is 1.86. The number of aryl methyl sites for hydroxylation is 1. The molecule has 1 unspecified atom stereocenters. The first-order chi connectivity index (χ1) is 17.3. The van der Waals surface area contributed by atoms with E-state index in [1.54, 1.807) is 55.5 Å². The molecule has 36 heavy (non-hydrogen) atoms. The van der Waals surface area contributed by atoms with Gasteiger partial charge in [-0.25, -0.2) is 9.78 Å². The van der Waals surface area contributed by atoms with E-state index >= 15 is 0 Å². The lowest BCUT2D eigenvalue weighted by molar-refractivity contribution is -0.132. The summed E-state index contributed by atoms with van der Waals surface area (Å²) in [5.41, 5.74) is 1.08. The summed E-state index contributed by atoms with van der Waals surface area (Å²) in [5, 5.41) is 11.8. The fraction of sp³-hybridized carbons (Fsp3) is 0.154. The van der Waals surface area contributed by atoms with Crippen LogP contribution in [0, 0.1) is 6.92 Å². The number of aliphatic hydroxyl groups excluding tert-OH is 1. The zero-order valence-corrected chi connectivity index (χ0v) is 20.9. The molecule has 2 heterocycles. The number of carbonyl (C=O) groups excluding carboxylic acids is 3. The standard InChI is InChI=1S/C26H21ClN2O6S/c1-4-13-35-25(33)23-14(2)28-26(36-23)29-20(15-5-9-17(27)10-6-15)19(22(31)24(29)32)21(30)16-7-11-18(34-3)12-8-16/h4-12,20,30H,1,13H2,2-3H3/b21-19-. The maximum atomic E-state index is 13.3. The molecule has 1 aliphatic rings. The predicted octanol–water partition coefficient (Wildman–Crippen LogP) is 5.08. The number of aromatic nitrogens is 1. The number of rotatable bonds is 7. The minimum atomic E-state index is -1.01. The van der Waals surface area contributed by atoms with Gasteiger partial charge in [0, 0.05) is 10.6 Å². The number of ketones is 1. The van der Waals surface area contributed by atoms with Crippen LogP contribution in [0.2, 0.25) is 5.02 Å². The molecule has 1 aliphatic heterocycles. The second-order valence-corrected chi connectivity index (χ2v) is 9.16. The van der Waals surface area contributed by atoms with Crippen molar-refractivity contribution in [3.8, 4) is 5.75 Å². The van der Waals surface area contributed by atoms with Crippen molar-refractivity contribution in [2.75, 3.05) is 18.6 Å². The molecule has 10 heteroatoms. The van der Waals surface area contributed by atoms with Gasteiger partial charge in [-0.2, -0.15) is 0 Å². The molecular weight excluding hydrogens is 504 g/mol. The molecule has 184 valence electrons. The third-order valence-electron chi connectivity index (χ3n) is 5.50. The van der Waals surface area contributed by atoms with Crippen LogP contribution in [0.25, 0.3) is 5.76 Å². The van der Waals surface area contributed by atoms with E-state index in [0.29, 0.717) is 27.6 Å². The smallest absolute Gasteiger partial charge is 0.350 e. The highest BCUT2D eigenvalue weighted by atomic mass is 35.5. The van der Waals surface area contributed by atoms with E-state index in [1.165, 1.54) is 18.1 Å². The van der Waals surface area contributed by atoms with Crippen molar-refractivity contribution in [3.05, 3.63) is 93.5 Å². The highest BCUT2D eigenvalue weighted by Gasteiger charge is 2.48. The summed E-state index contributed by atoms with van der Waals surface area (Å²) in [6.07, 6.45) is 1.44. The number of aliphatic hydroxyl groups is 1. The first-order valence-electron chi connectivity index (χ1n) is 10.7. The summed E-state index contributed by atoms with van der Waals surface area (Å²) < 4.78 is 10.3. The topological polar surface area (TPSA) is 106 Å². The lowest BCUT2D eigenvalue weighted by atomic mass is 9.95. The van der Waals surface area contributed by atoms with Crippen molar-refractivity contribution in [2.24, 2.45) is 0 Å². The molecule has 1 amide bonds. The molecular formula is C26H21ClN2O6S. The van der Waals surface area contributed by atoms with Crippen molar-refractivity contribution in [3.63, 3.8) is 0 Å². The SMILES string of the molecule is C=CCOC(=O)c1sc(N2C(=O)C(=O)/C(=C(\O)c3ccc(OC)cc3)C2c2ccc(Cl)cc2)nc1C. The molecule has 0 bridgehead atoms. The maximum Gasteiger partial charge on any atom is 0.350 e. The summed E-state index contributed by atoms with van der Waals surface area (Å²) in [7, 11) is 1.51. The van der Waals surface area contributed by atoms with Gasteiger partial charge in [0.25, 0.3) is 5.78 Å². The fourth-order valence-electron chi connectivity index (χ4n) is 3.77. The van der Waals surface area contributed by atoms with Gasteiger partial charge in [-0.15, -0.1) is 0 Å². The van der Waals surface area contributed by atoms with Crippen molar-refractivity contribution in [1.29, 1.82) is 0 Å². The Hall–Kier alpha value is -3.95. The summed E-state index contributed by atoms with van der Waals surface area (Å²) in [5.74, 6) is -2.17. The molecule has 3 aromatic rings. The van der Waals surface area contributed by atoms with Crippen molar-refractivity contribution >= 4 is 51.5 Å². The van der Waals surface area contributed by atoms with Crippen LogP contribution in [0.3, 0.4) is 0 Å². The predicted molar refractivity (Wildman–Crippen MR) is 137 cm³/mol. The van der Waals surface area contributed by atoms with Crippen molar-refractivity contribution < 1.29 is 29.0 Å². The van der Waals surface area contributed by atoms with Gasteiger partial charge < -0.3 is 14.6 Å². The molecule has 0 spiro atoms. The molecule has 1 saturated heterocycles. The highest BCUT2D eigenvalue weighted by molar-refractivity contribution is 7.17. The summed E-state index contributed by atoms with van der Waals surface area (Å²) in [6.45, 7) is 5.14. The van der Waals surface area contributed by atoms with Gasteiger partial charge in [0.05, 0.1) is 24.4 Å². The number of anilines is 1. The van der Waals surface area contributed by atoms with Crippen LogP contribution in [0.4, 0.5) is 5.13 Å². The minimum absolute atomic E-state index is 0.0165. The average Bonchev–Trinajstić information content (AvgIpc) is 3.39. The quantitative estimate of drug-likeness (QED) is 0.151. The van der Waals surface area contributed by atoms with Gasteiger partial charge in [-0.1, -0.05) is 47.7 Å². The van der Waals surface area contributed by atoms with Gasteiger partial charge in [0.15, 0.2) is 5.13 Å². The molecule has 1 aromatic heterocycles. The van der Waals surface area contributed by atoms with Crippen LogP contribution >= 0.6 is 22.9 Å². The van der Waals surface area contributed by atoms with E-state index in [9.17, 15) is 19.5 Å². The molecule has 2 aromatic carbocycles. The van der Waals surface area contributed by atoms with Crippen LogP contribution in [0.5, 0.6) is 5.75 Å². The molecule has 1 atom stereocenters. The number of carbonyl (C=O) groups is 3. The number of Topliss-reactive ketones (excluding diaryl/α,β-unsaturated/α-hetero) is 1. The van der Waals surface area contributed by atoms with Gasteiger partial charge in [0.2, 0.25) is 0 Å². The van der Waals surface area contributed by atoms with Gasteiger partial charge >= 0.3 is 11.9 Å². The Morgan fingerprint density at radius 1 is 1.19 bits per heavy atom. The number of methoxy groups -OCH3 is 1. The molecule has 0 radical (unpaired) electrons. The maximum absolute atomic E-state index is 13.3. The van der Waals surface area contributed by atoms with Crippen molar-refractivity contribution in [1.82, 2.24) is 4.98 Å². The lowest BCUT2D eigenvalue weighted by Gasteiger charge is -2.23. The molecule has 1 N–H and O–H groups in total. The number of thiazole rings is 1. The average molecular weight is 525 g/mol. The van der Waals surface area contributed by atoms with Crippen LogP contribution in [-0.4, -0.2) is 41.5 Å². The number of esters is 1. The molecule has 0 aliphatic carbocycles. The minimum Gasteiger partial charge on any atom is -0.507 e. The number of amides is 1. The second-order valence-electron chi connectivity index (χ2n) is 7.75. The molecule has 0 saturated carbocycles. The Bertz CT molecular complexity index is 1380. The lowest BCUT2D eigenvalue weighted by Crippen LogP contribution is -2.29. The van der Waals surface area contributed by atoms with E-state index in [0.717, 1.165) is 11.3 Å². The van der Waals surface area contributed by atoms with Crippen molar-refractivity contribution in [2.45, 2.75) is 13.0 Å². The highest BCUT2D eigenvalue weighted by Crippen LogP contribution is 2.44. The number of hydrogen-bond acceptors (Lipinski definition) is 8. The molecule has 8 nitrogen and oxygen atoms in total. The molecule has 4 rings (SSSR count). The zero-order chi connectivity index (χ0) is 26.0. The zero-order valence-electron chi connectivity index (χ0n) is 19.4. The van der Waals surface area contributed by atoms with Gasteiger partial charge in [-0.05, 0) is 48.9 Å². The number of nitrogens with zero attached hydrogens (tertiary/aromatic N) is 2. The van der Waals surface area contributed by atoms with E-state index in [4.69, 9.17) is 21.1 Å². The number of benzene rings is 2. The number of ether oxygens (including phenoxy) is 2. The van der Waals surface area contributed by atoms with E-state index in [1.807, 2.05) is 0 Å². The Morgan fingerprint density at radius 2 is 1.86 bits per heavy atom. The second kappa shape index (κ2) is 10.3. The van der Waals surface area contributed by atoms with Crippen LogP contribution < -0.4 is 9.64 Å². The van der Waals surface area contributed by atoms with Gasteiger partial charge in [-0.3, -0.25) is 14.5 Å². The van der Waals surface area contributed by atoms with Crippen LogP contribution in [-0.2, 0) is 14.3 Å². The van der Waals surface area contributed by atoms with Crippen LogP contribution in [0.1, 0.15) is 32.5 Å². The number of halogens is 1. The third-order valence-corrected chi connectivity index (χ3v) is 6.89. The Labute approximate surface area is 216 Å². The summed E-state index contributed by atoms with van der Waals surface area (Å²) >= 11 is 6.99. The Kier molecular flexibility index (Phi) is 7.23. The van der Waals surface area contributed by atoms with Crippen LogP contribution in [0.15, 0.2) is 66.8 Å². The van der Waals surface area contributed by atoms with E-state index < -0.39 is 23.7 Å². The largest absolute Gasteiger partial charge is 0.507 e. The summed E-state index contributed by atoms with van der Waals surface area (Å²) in [6, 6.07) is 12.0. The molecule has 1 fully saturated rings.